The highest BCUT2D eigenvalue weighted by Crippen LogP contribution is 2.21. The minimum atomic E-state index is -1.52. The average Bonchev–Trinajstić information content (AvgIpc) is 2.56. The zero-order chi connectivity index (χ0) is 12.5. The molecular weight excluding hydrogens is 282 g/mol. The SMILES string of the molecule is CN1CCC(O)(C#Cc2cccc(Br)c2)C1=O. The van der Waals surface area contributed by atoms with Crippen molar-refractivity contribution in [3.63, 3.8) is 0 Å². The molecular formula is C13H12BrNO2. The Morgan fingerprint density at radius 2 is 2.29 bits per heavy atom. The second-order valence-electron chi connectivity index (χ2n) is 4.10. The molecule has 3 nitrogen and oxygen atoms in total. The van der Waals surface area contributed by atoms with Crippen LogP contribution in [0.3, 0.4) is 0 Å². The van der Waals surface area contributed by atoms with Gasteiger partial charge >= 0.3 is 0 Å². The predicted octanol–water partition coefficient (Wildman–Crippen LogP) is 1.39. The summed E-state index contributed by atoms with van der Waals surface area (Å²) in [6, 6.07) is 7.44. The molecule has 1 amide bonds. The third kappa shape index (κ3) is 2.51. The molecule has 0 aromatic heterocycles. The fourth-order valence-electron chi connectivity index (χ4n) is 1.71. The summed E-state index contributed by atoms with van der Waals surface area (Å²) in [5.41, 5.74) is -0.744. The highest BCUT2D eigenvalue weighted by Gasteiger charge is 2.42. The lowest BCUT2D eigenvalue weighted by Gasteiger charge is -2.13. The maximum Gasteiger partial charge on any atom is 0.267 e. The van der Waals surface area contributed by atoms with Gasteiger partial charge in [0, 0.05) is 30.0 Å². The number of likely N-dealkylation sites (tertiary alicyclic amines) is 1. The first-order valence-corrected chi connectivity index (χ1v) is 6.07. The second kappa shape index (κ2) is 4.52. The number of rotatable bonds is 0. The van der Waals surface area contributed by atoms with Crippen LogP contribution in [0.1, 0.15) is 12.0 Å². The van der Waals surface area contributed by atoms with Crippen LogP contribution in [0.15, 0.2) is 28.7 Å². The molecule has 17 heavy (non-hydrogen) atoms. The van der Waals surface area contributed by atoms with Crippen molar-refractivity contribution < 1.29 is 9.90 Å². The molecule has 0 aliphatic carbocycles. The van der Waals surface area contributed by atoms with Crippen molar-refractivity contribution in [1.29, 1.82) is 0 Å². The molecule has 1 atom stereocenters. The first-order chi connectivity index (χ1) is 8.01. The van der Waals surface area contributed by atoms with Gasteiger partial charge in [0.15, 0.2) is 0 Å². The van der Waals surface area contributed by atoms with E-state index in [-0.39, 0.29) is 5.91 Å². The van der Waals surface area contributed by atoms with Crippen LogP contribution in [-0.4, -0.2) is 35.1 Å². The number of hydrogen-bond donors (Lipinski definition) is 1. The molecule has 1 aliphatic heterocycles. The molecule has 1 unspecified atom stereocenters. The second-order valence-corrected chi connectivity index (χ2v) is 5.01. The Morgan fingerprint density at radius 3 is 2.88 bits per heavy atom. The normalized spacial score (nSPS) is 23.5. The fraction of sp³-hybridized carbons (Fsp3) is 0.308. The van der Waals surface area contributed by atoms with Crippen molar-refractivity contribution in [2.75, 3.05) is 13.6 Å². The molecule has 0 radical (unpaired) electrons. The van der Waals surface area contributed by atoms with Crippen LogP contribution in [0.4, 0.5) is 0 Å². The topological polar surface area (TPSA) is 40.5 Å². The lowest BCUT2D eigenvalue weighted by molar-refractivity contribution is -0.137. The number of nitrogens with zero attached hydrogens (tertiary/aromatic N) is 1. The van der Waals surface area contributed by atoms with Crippen molar-refractivity contribution in [1.82, 2.24) is 4.90 Å². The van der Waals surface area contributed by atoms with Crippen LogP contribution in [0.25, 0.3) is 0 Å². The van der Waals surface area contributed by atoms with Crippen LogP contribution in [0.5, 0.6) is 0 Å². The summed E-state index contributed by atoms with van der Waals surface area (Å²) in [5.74, 6) is 5.20. The monoisotopic (exact) mass is 293 g/mol. The minimum absolute atomic E-state index is 0.319. The van der Waals surface area contributed by atoms with Crippen LogP contribution in [0, 0.1) is 11.8 Å². The van der Waals surface area contributed by atoms with Gasteiger partial charge in [-0.05, 0) is 18.2 Å². The molecule has 88 valence electrons. The van der Waals surface area contributed by atoms with Crippen molar-refractivity contribution in [2.24, 2.45) is 0 Å². The van der Waals surface area contributed by atoms with E-state index in [9.17, 15) is 9.90 Å². The molecule has 2 rings (SSSR count). The predicted molar refractivity (Wildman–Crippen MR) is 68.2 cm³/mol. The average molecular weight is 294 g/mol. The Labute approximate surface area is 109 Å². The Bertz CT molecular complexity index is 518. The third-order valence-corrected chi connectivity index (χ3v) is 3.24. The van der Waals surface area contributed by atoms with Crippen LogP contribution < -0.4 is 0 Å². The van der Waals surface area contributed by atoms with Gasteiger partial charge in [-0.2, -0.15) is 0 Å². The summed E-state index contributed by atoms with van der Waals surface area (Å²) in [4.78, 5) is 13.2. The number of aliphatic hydroxyl groups is 1. The number of amides is 1. The number of benzene rings is 1. The van der Waals surface area contributed by atoms with E-state index in [0.717, 1.165) is 10.0 Å². The summed E-state index contributed by atoms with van der Waals surface area (Å²) in [6.45, 7) is 0.544. The van der Waals surface area contributed by atoms with E-state index in [1.54, 1.807) is 7.05 Å². The van der Waals surface area contributed by atoms with E-state index in [4.69, 9.17) is 0 Å². The molecule has 1 aliphatic rings. The van der Waals surface area contributed by atoms with E-state index < -0.39 is 5.60 Å². The molecule has 1 heterocycles. The quantitative estimate of drug-likeness (QED) is 0.735. The van der Waals surface area contributed by atoms with E-state index in [1.807, 2.05) is 24.3 Å². The molecule has 1 saturated heterocycles. The largest absolute Gasteiger partial charge is 0.369 e. The van der Waals surface area contributed by atoms with Crippen molar-refractivity contribution in [3.8, 4) is 11.8 Å². The van der Waals surface area contributed by atoms with Crippen molar-refractivity contribution in [3.05, 3.63) is 34.3 Å². The molecule has 0 saturated carbocycles. The first kappa shape index (κ1) is 12.2. The summed E-state index contributed by atoms with van der Waals surface area (Å²) in [6.07, 6.45) is 0.364. The number of carbonyl (C=O) groups is 1. The minimum Gasteiger partial charge on any atom is -0.369 e. The van der Waals surface area contributed by atoms with E-state index in [0.29, 0.717) is 13.0 Å². The number of carbonyl (C=O) groups excluding carboxylic acids is 1. The standard InChI is InChI=1S/C13H12BrNO2/c1-15-8-7-13(17,12(15)16)6-5-10-3-2-4-11(14)9-10/h2-4,9,17H,7-8H2,1H3. The summed E-state index contributed by atoms with van der Waals surface area (Å²) in [7, 11) is 1.67. The van der Waals surface area contributed by atoms with Gasteiger partial charge in [0.05, 0.1) is 0 Å². The molecule has 1 N–H and O–H groups in total. The highest BCUT2D eigenvalue weighted by atomic mass is 79.9. The molecule has 0 bridgehead atoms. The van der Waals surface area contributed by atoms with Gasteiger partial charge in [-0.1, -0.05) is 33.8 Å². The maximum atomic E-state index is 11.7. The summed E-state index contributed by atoms with van der Waals surface area (Å²) >= 11 is 3.35. The smallest absolute Gasteiger partial charge is 0.267 e. The molecule has 1 fully saturated rings. The molecule has 0 spiro atoms. The van der Waals surface area contributed by atoms with E-state index >= 15 is 0 Å². The first-order valence-electron chi connectivity index (χ1n) is 5.28. The summed E-state index contributed by atoms with van der Waals surface area (Å²) in [5, 5.41) is 10.1. The molecule has 1 aromatic rings. The summed E-state index contributed by atoms with van der Waals surface area (Å²) < 4.78 is 0.922. The van der Waals surface area contributed by atoms with Gasteiger partial charge in [0.2, 0.25) is 5.60 Å². The van der Waals surface area contributed by atoms with Crippen molar-refractivity contribution in [2.45, 2.75) is 12.0 Å². The number of likely N-dealkylation sites (N-methyl/N-ethyl adjacent to an activating group) is 1. The van der Waals surface area contributed by atoms with Gasteiger partial charge in [-0.15, -0.1) is 0 Å². The lowest BCUT2D eigenvalue weighted by Crippen LogP contribution is -2.37. The fourth-order valence-corrected chi connectivity index (χ4v) is 2.11. The Balaban J connectivity index is 2.25. The maximum absolute atomic E-state index is 11.7. The molecule has 1 aromatic carbocycles. The van der Waals surface area contributed by atoms with Crippen LogP contribution in [0.2, 0.25) is 0 Å². The van der Waals surface area contributed by atoms with Gasteiger partial charge in [-0.3, -0.25) is 4.79 Å². The zero-order valence-corrected chi connectivity index (χ0v) is 11.0. The molecule has 4 heteroatoms. The number of hydrogen-bond acceptors (Lipinski definition) is 2. The van der Waals surface area contributed by atoms with E-state index in [2.05, 4.69) is 27.8 Å². The van der Waals surface area contributed by atoms with Crippen LogP contribution >= 0.6 is 15.9 Å². The number of halogens is 1. The van der Waals surface area contributed by atoms with Gasteiger partial charge in [0.25, 0.3) is 5.91 Å². The lowest BCUT2D eigenvalue weighted by atomic mass is 10.0. The third-order valence-electron chi connectivity index (χ3n) is 2.75. The Hall–Kier alpha value is -1.31. The Kier molecular flexibility index (Phi) is 3.23. The van der Waals surface area contributed by atoms with Crippen molar-refractivity contribution >= 4 is 21.8 Å². The Morgan fingerprint density at radius 1 is 1.53 bits per heavy atom. The zero-order valence-electron chi connectivity index (χ0n) is 9.40. The highest BCUT2D eigenvalue weighted by molar-refractivity contribution is 9.10. The van der Waals surface area contributed by atoms with Crippen LogP contribution in [-0.2, 0) is 4.79 Å². The van der Waals surface area contributed by atoms with Gasteiger partial charge in [-0.25, -0.2) is 0 Å². The van der Waals surface area contributed by atoms with Gasteiger partial charge < -0.3 is 10.0 Å². The van der Waals surface area contributed by atoms with Gasteiger partial charge in [0.1, 0.15) is 0 Å². The van der Waals surface area contributed by atoms with E-state index in [1.165, 1.54) is 4.90 Å².